The highest BCUT2D eigenvalue weighted by Gasteiger charge is 2.01. The van der Waals surface area contributed by atoms with Crippen LogP contribution in [0.2, 0.25) is 0 Å². The third-order valence-electron chi connectivity index (χ3n) is 0.765. The van der Waals surface area contributed by atoms with Crippen molar-refractivity contribution in [2.45, 2.75) is 13.3 Å². The second kappa shape index (κ2) is 4.73. The highest BCUT2D eigenvalue weighted by Crippen LogP contribution is 1.80. The molecule has 4 nitrogen and oxygen atoms in total. The van der Waals surface area contributed by atoms with Gasteiger partial charge >= 0.3 is 0 Å². The molecule has 0 bridgehead atoms. The molecule has 0 amide bonds. The summed E-state index contributed by atoms with van der Waals surface area (Å²) in [4.78, 5) is 0. The number of hydrogen-bond acceptors (Lipinski definition) is 3. The summed E-state index contributed by atoms with van der Waals surface area (Å²) in [6, 6.07) is 1.81. The molecule has 0 unspecified atom stereocenters. The number of hydrogen-bond donors (Lipinski definition) is 1. The molecule has 0 radical (unpaired) electrons. The van der Waals surface area contributed by atoms with Crippen molar-refractivity contribution >= 4 is 10.0 Å². The van der Waals surface area contributed by atoms with Gasteiger partial charge in [-0.1, -0.05) is 5.92 Å². The van der Waals surface area contributed by atoms with Crippen LogP contribution in [0.1, 0.15) is 13.3 Å². The highest BCUT2D eigenvalue weighted by atomic mass is 32.2. The van der Waals surface area contributed by atoms with Crippen LogP contribution in [0, 0.1) is 22.5 Å². The summed E-state index contributed by atoms with van der Waals surface area (Å²) in [5.74, 6) is 2.25. The Morgan fingerprint density at radius 1 is 1.55 bits per heavy atom. The molecule has 11 heavy (non-hydrogen) atoms. The lowest BCUT2D eigenvalue weighted by Crippen LogP contribution is -2.22. The van der Waals surface area contributed by atoms with Crippen LogP contribution >= 0.6 is 0 Å². The monoisotopic (exact) mass is 172 g/mol. The van der Waals surface area contributed by atoms with Gasteiger partial charge in [0, 0.05) is 18.2 Å². The third-order valence-corrected chi connectivity index (χ3v) is 1.82. The maximum Gasteiger partial charge on any atom is 0.280 e. The average Bonchev–Trinajstić information content (AvgIpc) is 1.87. The van der Waals surface area contributed by atoms with Gasteiger partial charge in [-0.2, -0.15) is 13.7 Å². The SMILES string of the molecule is CC#CS(=O)(=O)NCCC#N. The Bertz CT molecular complexity index is 302. The van der Waals surface area contributed by atoms with Gasteiger partial charge in [-0.05, 0) is 6.92 Å². The molecule has 0 saturated carbocycles. The van der Waals surface area contributed by atoms with E-state index in [1.165, 1.54) is 6.92 Å². The molecular formula is C6H8N2O2S. The zero-order valence-corrected chi connectivity index (χ0v) is 6.90. The van der Waals surface area contributed by atoms with E-state index in [2.05, 4.69) is 10.6 Å². The molecule has 0 aliphatic rings. The van der Waals surface area contributed by atoms with Crippen molar-refractivity contribution in [2.24, 2.45) is 0 Å². The van der Waals surface area contributed by atoms with Gasteiger partial charge in [0.05, 0.1) is 6.07 Å². The number of nitriles is 1. The lowest BCUT2D eigenvalue weighted by molar-refractivity contribution is 0.593. The molecule has 5 heteroatoms. The summed E-state index contributed by atoms with van der Waals surface area (Å²) in [5.41, 5.74) is 0. The van der Waals surface area contributed by atoms with Gasteiger partial charge in [-0.25, -0.2) is 4.72 Å². The van der Waals surface area contributed by atoms with Crippen molar-refractivity contribution in [3.8, 4) is 17.2 Å². The van der Waals surface area contributed by atoms with E-state index in [1.54, 1.807) is 0 Å². The Morgan fingerprint density at radius 2 is 2.18 bits per heavy atom. The number of sulfonamides is 1. The van der Waals surface area contributed by atoms with Crippen LogP contribution in [0.3, 0.4) is 0 Å². The summed E-state index contributed by atoms with van der Waals surface area (Å²) in [6.45, 7) is 1.55. The minimum Gasteiger partial charge on any atom is -0.204 e. The largest absolute Gasteiger partial charge is 0.280 e. The van der Waals surface area contributed by atoms with E-state index in [0.717, 1.165) is 0 Å². The first-order valence-corrected chi connectivity index (χ1v) is 4.41. The summed E-state index contributed by atoms with van der Waals surface area (Å²) < 4.78 is 23.6. The van der Waals surface area contributed by atoms with Crippen molar-refractivity contribution in [1.82, 2.24) is 4.72 Å². The van der Waals surface area contributed by atoms with E-state index in [0.29, 0.717) is 0 Å². The molecule has 0 fully saturated rings. The van der Waals surface area contributed by atoms with Crippen molar-refractivity contribution in [3.63, 3.8) is 0 Å². The van der Waals surface area contributed by atoms with Crippen molar-refractivity contribution in [2.75, 3.05) is 6.54 Å². The summed E-state index contributed by atoms with van der Waals surface area (Å²) in [5, 5.41) is 10.1. The van der Waals surface area contributed by atoms with Crippen LogP contribution in [-0.2, 0) is 10.0 Å². The zero-order chi connectivity index (χ0) is 8.74. The van der Waals surface area contributed by atoms with Gasteiger partial charge in [0.2, 0.25) is 0 Å². The van der Waals surface area contributed by atoms with E-state index in [1.807, 2.05) is 11.3 Å². The minimum absolute atomic E-state index is 0.119. The highest BCUT2D eigenvalue weighted by molar-refractivity contribution is 7.94. The normalized spacial score (nSPS) is 9.45. The van der Waals surface area contributed by atoms with Crippen molar-refractivity contribution in [1.29, 1.82) is 5.26 Å². The molecule has 0 aliphatic heterocycles. The molecule has 0 aromatic rings. The maximum absolute atomic E-state index is 10.7. The Labute approximate surface area is 66.3 Å². The first kappa shape index (κ1) is 9.96. The zero-order valence-electron chi connectivity index (χ0n) is 6.09. The molecule has 0 spiro atoms. The van der Waals surface area contributed by atoms with Crippen LogP contribution in [0.25, 0.3) is 0 Å². The topological polar surface area (TPSA) is 70.0 Å². The molecule has 0 atom stereocenters. The fraction of sp³-hybridized carbons (Fsp3) is 0.500. The summed E-state index contributed by atoms with van der Waals surface area (Å²) in [6.07, 6.45) is 0.157. The van der Waals surface area contributed by atoms with Crippen molar-refractivity contribution < 1.29 is 8.42 Å². The van der Waals surface area contributed by atoms with E-state index >= 15 is 0 Å². The van der Waals surface area contributed by atoms with Crippen LogP contribution in [0.4, 0.5) is 0 Å². The fourth-order valence-corrected chi connectivity index (χ4v) is 1.12. The Kier molecular flexibility index (Phi) is 4.28. The third kappa shape index (κ3) is 5.41. The van der Waals surface area contributed by atoms with E-state index in [4.69, 9.17) is 5.26 Å². The van der Waals surface area contributed by atoms with E-state index in [-0.39, 0.29) is 13.0 Å². The van der Waals surface area contributed by atoms with Crippen molar-refractivity contribution in [3.05, 3.63) is 0 Å². The first-order valence-electron chi connectivity index (χ1n) is 2.92. The quantitative estimate of drug-likeness (QED) is 0.473. The number of nitrogens with one attached hydrogen (secondary N) is 1. The molecule has 1 N–H and O–H groups in total. The Morgan fingerprint density at radius 3 is 2.64 bits per heavy atom. The molecular weight excluding hydrogens is 164 g/mol. The predicted molar refractivity (Wildman–Crippen MR) is 40.6 cm³/mol. The van der Waals surface area contributed by atoms with Crippen LogP contribution in [0.15, 0.2) is 0 Å². The molecule has 0 aromatic heterocycles. The lowest BCUT2D eigenvalue weighted by atomic mass is 10.5. The standard InChI is InChI=1S/C6H8N2O2S/c1-2-6-11(9,10)8-5-3-4-7/h8H,3,5H2,1H3. The van der Waals surface area contributed by atoms with Gasteiger partial charge in [-0.3, -0.25) is 0 Å². The minimum atomic E-state index is -3.47. The van der Waals surface area contributed by atoms with Gasteiger partial charge < -0.3 is 0 Å². The van der Waals surface area contributed by atoms with Crippen LogP contribution in [-0.4, -0.2) is 15.0 Å². The first-order chi connectivity index (χ1) is 5.12. The molecule has 0 saturated heterocycles. The van der Waals surface area contributed by atoms with Gasteiger partial charge in [0.15, 0.2) is 0 Å². The molecule has 0 aliphatic carbocycles. The Balaban J connectivity index is 3.94. The van der Waals surface area contributed by atoms with Crippen LogP contribution < -0.4 is 4.72 Å². The van der Waals surface area contributed by atoms with Gasteiger partial charge in [0.25, 0.3) is 10.0 Å². The molecule has 60 valence electrons. The van der Waals surface area contributed by atoms with Gasteiger partial charge in [-0.15, -0.1) is 0 Å². The molecule has 0 aromatic carbocycles. The molecule has 0 heterocycles. The van der Waals surface area contributed by atoms with Crippen LogP contribution in [0.5, 0.6) is 0 Å². The average molecular weight is 172 g/mol. The smallest absolute Gasteiger partial charge is 0.204 e. The van der Waals surface area contributed by atoms with E-state index in [9.17, 15) is 8.42 Å². The number of nitrogens with zero attached hydrogens (tertiary/aromatic N) is 1. The Hall–Kier alpha value is -1.04. The maximum atomic E-state index is 10.7. The second-order valence-electron chi connectivity index (χ2n) is 1.66. The lowest BCUT2D eigenvalue weighted by Gasteiger charge is -1.94. The summed E-state index contributed by atoms with van der Waals surface area (Å²) >= 11 is 0. The second-order valence-corrected chi connectivity index (χ2v) is 3.16. The molecule has 0 rings (SSSR count). The number of rotatable bonds is 3. The summed E-state index contributed by atoms with van der Waals surface area (Å²) in [7, 11) is -3.47. The van der Waals surface area contributed by atoms with Gasteiger partial charge in [0.1, 0.15) is 0 Å². The fourth-order valence-electron chi connectivity index (χ4n) is 0.412. The van der Waals surface area contributed by atoms with E-state index < -0.39 is 10.0 Å². The predicted octanol–water partition coefficient (Wildman–Crippen LogP) is -0.200.